The highest BCUT2D eigenvalue weighted by atomic mass is 79.9. The highest BCUT2D eigenvalue weighted by molar-refractivity contribution is 9.10. The van der Waals surface area contributed by atoms with Crippen molar-refractivity contribution in [2.75, 3.05) is 36.0 Å². The minimum Gasteiger partial charge on any atom is -0.389 e. The molecule has 0 spiro atoms. The average Bonchev–Trinajstić information content (AvgIpc) is 3.01. The topological polar surface area (TPSA) is 39.6 Å². The summed E-state index contributed by atoms with van der Waals surface area (Å²) in [6, 6.07) is 6.18. The van der Waals surface area contributed by atoms with Gasteiger partial charge in [0.15, 0.2) is 5.13 Å². The predicted octanol–water partition coefficient (Wildman–Crippen LogP) is 3.29. The second kappa shape index (κ2) is 6.34. The van der Waals surface area contributed by atoms with Crippen molar-refractivity contribution in [1.29, 1.82) is 0 Å². The maximum atomic E-state index is 9.69. The molecule has 1 unspecified atom stereocenters. The van der Waals surface area contributed by atoms with Crippen molar-refractivity contribution in [1.82, 2.24) is 4.98 Å². The van der Waals surface area contributed by atoms with Crippen LogP contribution in [0.5, 0.6) is 0 Å². The second-order valence-corrected chi connectivity index (χ2v) is 6.90. The van der Waals surface area contributed by atoms with E-state index in [-0.39, 0.29) is 0 Å². The van der Waals surface area contributed by atoms with Crippen LogP contribution in [-0.2, 0) is 0 Å². The summed E-state index contributed by atoms with van der Waals surface area (Å²) < 4.78 is 0.970. The van der Waals surface area contributed by atoms with Crippen LogP contribution >= 0.6 is 27.3 Å². The van der Waals surface area contributed by atoms with E-state index >= 15 is 0 Å². The van der Waals surface area contributed by atoms with E-state index in [1.54, 1.807) is 18.3 Å². The summed E-state index contributed by atoms with van der Waals surface area (Å²) in [6.07, 6.45) is 1.41. The summed E-state index contributed by atoms with van der Waals surface area (Å²) in [4.78, 5) is 9.08. The molecule has 1 aliphatic rings. The Hall–Kier alpha value is -1.11. The minimum atomic E-state index is -0.449. The third-order valence-electron chi connectivity index (χ3n) is 3.77. The summed E-state index contributed by atoms with van der Waals surface area (Å²) in [6.45, 7) is 5.74. The first-order chi connectivity index (χ1) is 10.1. The van der Waals surface area contributed by atoms with Gasteiger partial charge in [-0.2, -0.15) is 0 Å². The van der Waals surface area contributed by atoms with Crippen molar-refractivity contribution < 1.29 is 5.11 Å². The molecule has 3 rings (SSSR count). The zero-order chi connectivity index (χ0) is 14.8. The molecular formula is C15H18BrN3OS. The Bertz CT molecular complexity index is 595. The Balaban J connectivity index is 1.68. The van der Waals surface area contributed by atoms with Gasteiger partial charge < -0.3 is 14.9 Å². The number of thiazole rings is 1. The van der Waals surface area contributed by atoms with Crippen molar-refractivity contribution >= 4 is 38.1 Å². The lowest BCUT2D eigenvalue weighted by molar-refractivity contribution is 0.198. The van der Waals surface area contributed by atoms with E-state index in [9.17, 15) is 5.11 Å². The Morgan fingerprint density at radius 2 is 1.95 bits per heavy atom. The number of halogens is 1. The van der Waals surface area contributed by atoms with Crippen molar-refractivity contribution in [3.05, 3.63) is 39.8 Å². The van der Waals surface area contributed by atoms with Gasteiger partial charge in [-0.05, 0) is 24.6 Å². The third-order valence-corrected chi connectivity index (χ3v) is 5.29. The van der Waals surface area contributed by atoms with E-state index in [4.69, 9.17) is 0 Å². The van der Waals surface area contributed by atoms with Crippen molar-refractivity contribution in [3.63, 3.8) is 0 Å². The summed E-state index contributed by atoms with van der Waals surface area (Å²) in [5, 5.41) is 12.8. The van der Waals surface area contributed by atoms with Crippen molar-refractivity contribution in [2.24, 2.45) is 0 Å². The normalized spacial score (nSPS) is 17.1. The number of aromatic nitrogens is 1. The zero-order valence-electron chi connectivity index (χ0n) is 11.9. The molecule has 1 aliphatic heterocycles. The van der Waals surface area contributed by atoms with Crippen LogP contribution in [0, 0.1) is 0 Å². The fourth-order valence-corrected chi connectivity index (χ4v) is 3.97. The molecule has 1 atom stereocenters. The van der Waals surface area contributed by atoms with Crippen LogP contribution in [0.25, 0.3) is 0 Å². The molecule has 1 aromatic heterocycles. The molecule has 0 radical (unpaired) electrons. The van der Waals surface area contributed by atoms with Gasteiger partial charge in [-0.1, -0.05) is 22.0 Å². The van der Waals surface area contributed by atoms with Gasteiger partial charge >= 0.3 is 0 Å². The number of rotatable bonds is 3. The summed E-state index contributed by atoms with van der Waals surface area (Å²) in [7, 11) is 0. The Labute approximate surface area is 137 Å². The number of piperazine rings is 1. The van der Waals surface area contributed by atoms with E-state index < -0.39 is 6.10 Å². The molecule has 2 heterocycles. The number of hydrogen-bond acceptors (Lipinski definition) is 5. The summed E-state index contributed by atoms with van der Waals surface area (Å²) in [5.74, 6) is 0. The molecule has 1 N–H and O–H groups in total. The predicted molar refractivity (Wildman–Crippen MR) is 91.3 cm³/mol. The number of benzene rings is 1. The highest BCUT2D eigenvalue weighted by Gasteiger charge is 2.19. The number of aliphatic hydroxyl groups excluding tert-OH is 1. The van der Waals surface area contributed by atoms with Crippen LogP contribution < -0.4 is 9.80 Å². The minimum absolute atomic E-state index is 0.449. The molecule has 0 bridgehead atoms. The number of hydrogen-bond donors (Lipinski definition) is 1. The lowest BCUT2D eigenvalue weighted by Crippen LogP contribution is -2.46. The van der Waals surface area contributed by atoms with E-state index in [1.807, 2.05) is 17.6 Å². The molecule has 112 valence electrons. The van der Waals surface area contributed by atoms with Gasteiger partial charge in [0.2, 0.25) is 0 Å². The van der Waals surface area contributed by atoms with Crippen LogP contribution in [-0.4, -0.2) is 36.3 Å². The van der Waals surface area contributed by atoms with Gasteiger partial charge in [-0.15, -0.1) is 11.3 Å². The molecule has 0 aliphatic carbocycles. The highest BCUT2D eigenvalue weighted by Crippen LogP contribution is 2.29. The van der Waals surface area contributed by atoms with Gasteiger partial charge in [0.1, 0.15) is 0 Å². The number of nitrogens with zero attached hydrogens (tertiary/aromatic N) is 3. The van der Waals surface area contributed by atoms with Crippen LogP contribution in [0.15, 0.2) is 34.2 Å². The molecule has 0 saturated carbocycles. The Morgan fingerprint density at radius 3 is 2.52 bits per heavy atom. The van der Waals surface area contributed by atoms with Crippen LogP contribution in [0.3, 0.4) is 0 Å². The van der Waals surface area contributed by atoms with Gasteiger partial charge in [0.25, 0.3) is 0 Å². The molecule has 2 aromatic rings. The van der Waals surface area contributed by atoms with Gasteiger partial charge in [0.05, 0.1) is 6.10 Å². The Morgan fingerprint density at radius 1 is 1.24 bits per heavy atom. The lowest BCUT2D eigenvalue weighted by atomic mass is 10.1. The monoisotopic (exact) mass is 367 g/mol. The van der Waals surface area contributed by atoms with Crippen LogP contribution in [0.2, 0.25) is 0 Å². The molecule has 6 heteroatoms. The molecule has 1 fully saturated rings. The molecule has 0 amide bonds. The maximum absolute atomic E-state index is 9.69. The molecular weight excluding hydrogens is 350 g/mol. The molecule has 4 nitrogen and oxygen atoms in total. The molecule has 1 aromatic carbocycles. The SMILES string of the molecule is CC(O)c1ccc(N2CCN(c3nccs3)CC2)cc1Br. The summed E-state index contributed by atoms with van der Waals surface area (Å²) >= 11 is 5.25. The quantitative estimate of drug-likeness (QED) is 0.903. The smallest absolute Gasteiger partial charge is 0.185 e. The van der Waals surface area contributed by atoms with Gasteiger partial charge in [-0.3, -0.25) is 0 Å². The molecule has 1 saturated heterocycles. The fourth-order valence-electron chi connectivity index (χ4n) is 2.58. The molecule has 21 heavy (non-hydrogen) atoms. The van der Waals surface area contributed by atoms with E-state index in [2.05, 4.69) is 42.8 Å². The van der Waals surface area contributed by atoms with Crippen LogP contribution in [0.4, 0.5) is 10.8 Å². The average molecular weight is 368 g/mol. The standard InChI is InChI=1S/C15H18BrN3OS/c1-11(20)13-3-2-12(10-14(13)16)18-5-7-19(8-6-18)15-17-4-9-21-15/h2-4,9-11,20H,5-8H2,1H3. The fraction of sp³-hybridized carbons (Fsp3) is 0.400. The zero-order valence-corrected chi connectivity index (χ0v) is 14.3. The second-order valence-electron chi connectivity index (χ2n) is 5.17. The van der Waals surface area contributed by atoms with E-state index in [1.165, 1.54) is 5.69 Å². The summed E-state index contributed by atoms with van der Waals surface area (Å²) in [5.41, 5.74) is 2.13. The lowest BCUT2D eigenvalue weighted by Gasteiger charge is -2.36. The van der Waals surface area contributed by atoms with E-state index in [0.29, 0.717) is 0 Å². The first-order valence-corrected chi connectivity index (χ1v) is 8.69. The van der Waals surface area contributed by atoms with Gasteiger partial charge in [-0.25, -0.2) is 4.98 Å². The number of anilines is 2. The van der Waals surface area contributed by atoms with Gasteiger partial charge in [0, 0.05) is 47.9 Å². The maximum Gasteiger partial charge on any atom is 0.185 e. The van der Waals surface area contributed by atoms with E-state index in [0.717, 1.165) is 41.3 Å². The largest absolute Gasteiger partial charge is 0.389 e. The number of aliphatic hydroxyl groups is 1. The van der Waals surface area contributed by atoms with Crippen molar-refractivity contribution in [3.8, 4) is 0 Å². The first kappa shape index (κ1) is 14.8. The third kappa shape index (κ3) is 3.22. The van der Waals surface area contributed by atoms with Crippen molar-refractivity contribution in [2.45, 2.75) is 13.0 Å². The Kier molecular flexibility index (Phi) is 4.47. The van der Waals surface area contributed by atoms with Crippen LogP contribution in [0.1, 0.15) is 18.6 Å². The first-order valence-electron chi connectivity index (χ1n) is 7.02.